The second-order valence-corrected chi connectivity index (χ2v) is 3.74. The summed E-state index contributed by atoms with van der Waals surface area (Å²) in [6.07, 6.45) is 5.25. The number of rotatable bonds is 4. The van der Waals surface area contributed by atoms with Crippen LogP contribution in [0.4, 0.5) is 0 Å². The molecule has 1 heterocycles. The summed E-state index contributed by atoms with van der Waals surface area (Å²) in [4.78, 5) is 15.5. The van der Waals surface area contributed by atoms with Crippen LogP contribution in [0.25, 0.3) is 0 Å². The van der Waals surface area contributed by atoms with E-state index in [1.807, 2.05) is 42.5 Å². The van der Waals surface area contributed by atoms with E-state index >= 15 is 0 Å². The van der Waals surface area contributed by atoms with Gasteiger partial charge in [-0.1, -0.05) is 36.4 Å². The number of amides is 1. The molecule has 2 rings (SSSR count). The maximum absolute atomic E-state index is 11.6. The lowest BCUT2D eigenvalue weighted by Gasteiger charge is -1.99. The van der Waals surface area contributed by atoms with E-state index in [0.29, 0.717) is 6.42 Å². The van der Waals surface area contributed by atoms with Crippen LogP contribution in [0.1, 0.15) is 11.1 Å². The first-order chi connectivity index (χ1) is 8.84. The number of hydrogen-bond acceptors (Lipinski definition) is 3. The molecule has 0 unspecified atom stereocenters. The second-order valence-electron chi connectivity index (χ2n) is 3.74. The largest absolute Gasteiger partial charge is 0.273 e. The predicted octanol–water partition coefficient (Wildman–Crippen LogP) is 1.77. The van der Waals surface area contributed by atoms with Crippen LogP contribution in [0.5, 0.6) is 0 Å². The van der Waals surface area contributed by atoms with Crippen LogP contribution in [0.2, 0.25) is 0 Å². The first kappa shape index (κ1) is 12.0. The number of carbonyl (C=O) groups is 1. The van der Waals surface area contributed by atoms with Crippen molar-refractivity contribution >= 4 is 12.1 Å². The molecule has 4 nitrogen and oxygen atoms in total. The Morgan fingerprint density at radius 1 is 1.22 bits per heavy atom. The molecule has 2 aromatic rings. The third kappa shape index (κ3) is 3.83. The van der Waals surface area contributed by atoms with Gasteiger partial charge in [-0.15, -0.1) is 0 Å². The summed E-state index contributed by atoms with van der Waals surface area (Å²) in [6.45, 7) is 0. The summed E-state index contributed by atoms with van der Waals surface area (Å²) in [5, 5.41) is 3.87. The Hall–Kier alpha value is -2.49. The normalized spacial score (nSPS) is 10.4. The summed E-state index contributed by atoms with van der Waals surface area (Å²) >= 11 is 0. The van der Waals surface area contributed by atoms with E-state index in [0.717, 1.165) is 11.1 Å². The molecule has 0 aliphatic rings. The zero-order valence-electron chi connectivity index (χ0n) is 9.78. The van der Waals surface area contributed by atoms with Gasteiger partial charge in [-0.25, -0.2) is 5.43 Å². The van der Waals surface area contributed by atoms with E-state index in [9.17, 15) is 4.79 Å². The van der Waals surface area contributed by atoms with Crippen LogP contribution in [-0.4, -0.2) is 17.1 Å². The zero-order valence-corrected chi connectivity index (χ0v) is 9.78. The monoisotopic (exact) mass is 239 g/mol. The van der Waals surface area contributed by atoms with Gasteiger partial charge in [0.1, 0.15) is 0 Å². The van der Waals surface area contributed by atoms with Crippen LogP contribution in [0, 0.1) is 0 Å². The van der Waals surface area contributed by atoms with E-state index in [4.69, 9.17) is 0 Å². The number of hydrogen-bond donors (Lipinski definition) is 1. The van der Waals surface area contributed by atoms with Crippen LogP contribution < -0.4 is 5.43 Å². The van der Waals surface area contributed by atoms with Crippen molar-refractivity contribution in [2.75, 3.05) is 0 Å². The van der Waals surface area contributed by atoms with Gasteiger partial charge in [-0.2, -0.15) is 5.10 Å². The number of carbonyl (C=O) groups excluding carboxylic acids is 1. The number of hydrazone groups is 1. The van der Waals surface area contributed by atoms with Gasteiger partial charge in [0, 0.05) is 18.0 Å². The molecule has 0 saturated carbocycles. The number of aromatic nitrogens is 1. The highest BCUT2D eigenvalue weighted by Gasteiger charge is 2.00. The van der Waals surface area contributed by atoms with Gasteiger partial charge < -0.3 is 0 Å². The Kier molecular flexibility index (Phi) is 4.19. The first-order valence-electron chi connectivity index (χ1n) is 5.60. The first-order valence-corrected chi connectivity index (χ1v) is 5.60. The molecule has 0 atom stereocenters. The van der Waals surface area contributed by atoms with Gasteiger partial charge in [0.2, 0.25) is 5.91 Å². The summed E-state index contributed by atoms with van der Waals surface area (Å²) < 4.78 is 0. The summed E-state index contributed by atoms with van der Waals surface area (Å²) in [5.74, 6) is -0.138. The Bertz CT molecular complexity index is 523. The molecular formula is C14H13N3O. The number of pyridine rings is 1. The minimum Gasteiger partial charge on any atom is -0.273 e. The quantitative estimate of drug-likeness (QED) is 0.653. The van der Waals surface area contributed by atoms with Crippen molar-refractivity contribution in [2.24, 2.45) is 5.10 Å². The SMILES string of the molecule is O=C(Cc1ccccc1)N/N=C\c1cccnc1. The molecule has 0 saturated heterocycles. The van der Waals surface area contributed by atoms with Gasteiger partial charge >= 0.3 is 0 Å². The molecule has 0 spiro atoms. The number of nitrogens with one attached hydrogen (secondary N) is 1. The van der Waals surface area contributed by atoms with Crippen molar-refractivity contribution in [2.45, 2.75) is 6.42 Å². The van der Waals surface area contributed by atoms with Gasteiger partial charge in [-0.3, -0.25) is 9.78 Å². The van der Waals surface area contributed by atoms with Gasteiger partial charge in [-0.05, 0) is 11.6 Å². The standard InChI is InChI=1S/C14H13N3O/c18-14(9-12-5-2-1-3-6-12)17-16-11-13-7-4-8-15-10-13/h1-8,10-11H,9H2,(H,17,18)/b16-11-. The maximum Gasteiger partial charge on any atom is 0.244 e. The van der Waals surface area contributed by atoms with E-state index in [1.54, 1.807) is 18.6 Å². The fraction of sp³-hybridized carbons (Fsp3) is 0.0714. The number of benzene rings is 1. The summed E-state index contributed by atoms with van der Waals surface area (Å²) in [5.41, 5.74) is 4.29. The average Bonchev–Trinajstić information content (AvgIpc) is 2.41. The summed E-state index contributed by atoms with van der Waals surface area (Å²) in [7, 11) is 0. The van der Waals surface area contributed by atoms with Crippen molar-refractivity contribution in [3.8, 4) is 0 Å². The molecule has 0 radical (unpaired) electrons. The highest BCUT2D eigenvalue weighted by Crippen LogP contribution is 1.99. The Morgan fingerprint density at radius 2 is 2.06 bits per heavy atom. The fourth-order valence-corrected chi connectivity index (χ4v) is 1.45. The van der Waals surface area contributed by atoms with Crippen molar-refractivity contribution in [1.29, 1.82) is 0 Å². The van der Waals surface area contributed by atoms with Crippen molar-refractivity contribution < 1.29 is 4.79 Å². The van der Waals surface area contributed by atoms with E-state index in [1.165, 1.54) is 0 Å². The Labute approximate surface area is 105 Å². The third-order valence-corrected chi connectivity index (χ3v) is 2.29. The second kappa shape index (κ2) is 6.30. The van der Waals surface area contributed by atoms with Crippen LogP contribution in [0.15, 0.2) is 60.0 Å². The van der Waals surface area contributed by atoms with E-state index < -0.39 is 0 Å². The molecule has 1 aromatic heterocycles. The van der Waals surface area contributed by atoms with Gasteiger partial charge in [0.15, 0.2) is 0 Å². The fourth-order valence-electron chi connectivity index (χ4n) is 1.45. The lowest BCUT2D eigenvalue weighted by molar-refractivity contribution is -0.120. The Balaban J connectivity index is 1.84. The zero-order chi connectivity index (χ0) is 12.6. The molecule has 0 aliphatic carbocycles. The van der Waals surface area contributed by atoms with Crippen molar-refractivity contribution in [1.82, 2.24) is 10.4 Å². The number of nitrogens with zero attached hydrogens (tertiary/aromatic N) is 2. The smallest absolute Gasteiger partial charge is 0.244 e. The lowest BCUT2D eigenvalue weighted by Crippen LogP contribution is -2.19. The molecule has 0 bridgehead atoms. The van der Waals surface area contributed by atoms with Crippen LogP contribution in [0.3, 0.4) is 0 Å². The summed E-state index contributed by atoms with van der Waals surface area (Å²) in [6, 6.07) is 13.2. The maximum atomic E-state index is 11.6. The van der Waals surface area contributed by atoms with Crippen molar-refractivity contribution in [3.63, 3.8) is 0 Å². The highest BCUT2D eigenvalue weighted by molar-refractivity contribution is 5.82. The van der Waals surface area contributed by atoms with Crippen molar-refractivity contribution in [3.05, 3.63) is 66.0 Å². The Morgan fingerprint density at radius 3 is 2.78 bits per heavy atom. The topological polar surface area (TPSA) is 54.4 Å². The highest BCUT2D eigenvalue weighted by atomic mass is 16.2. The molecule has 90 valence electrons. The molecule has 0 fully saturated rings. The molecule has 4 heteroatoms. The third-order valence-electron chi connectivity index (χ3n) is 2.29. The molecule has 0 aliphatic heterocycles. The minimum atomic E-state index is -0.138. The van der Waals surface area contributed by atoms with Gasteiger partial charge in [0.05, 0.1) is 12.6 Å². The molecular weight excluding hydrogens is 226 g/mol. The average molecular weight is 239 g/mol. The molecule has 18 heavy (non-hydrogen) atoms. The lowest BCUT2D eigenvalue weighted by atomic mass is 10.1. The predicted molar refractivity (Wildman–Crippen MR) is 70.1 cm³/mol. The van der Waals surface area contributed by atoms with E-state index in [2.05, 4.69) is 15.5 Å². The van der Waals surface area contributed by atoms with Crippen LogP contribution in [-0.2, 0) is 11.2 Å². The molecule has 1 aromatic carbocycles. The van der Waals surface area contributed by atoms with Gasteiger partial charge in [0.25, 0.3) is 0 Å². The van der Waals surface area contributed by atoms with Crippen LogP contribution >= 0.6 is 0 Å². The minimum absolute atomic E-state index is 0.138. The molecule has 1 amide bonds. The molecule has 1 N–H and O–H groups in total. The van der Waals surface area contributed by atoms with E-state index in [-0.39, 0.29) is 5.91 Å².